The van der Waals surface area contributed by atoms with E-state index in [-0.39, 0.29) is 0 Å². The summed E-state index contributed by atoms with van der Waals surface area (Å²) in [6.45, 7) is 3.88. The lowest BCUT2D eigenvalue weighted by Gasteiger charge is -2.39. The molecule has 0 saturated carbocycles. The van der Waals surface area contributed by atoms with Gasteiger partial charge >= 0.3 is 0 Å². The van der Waals surface area contributed by atoms with Crippen molar-refractivity contribution in [3.8, 4) is 5.88 Å². The molecule has 42 heavy (non-hydrogen) atoms. The molecule has 4 aromatic carbocycles. The number of hydrogen-bond donors (Lipinski definition) is 1. The van der Waals surface area contributed by atoms with E-state index in [0.717, 1.165) is 70.4 Å². The largest absolute Gasteiger partial charge is 0.481 e. The summed E-state index contributed by atoms with van der Waals surface area (Å²) in [5.74, 6) is 0.0855. The van der Waals surface area contributed by atoms with E-state index < -0.39 is 11.5 Å². The number of aliphatic hydroxyl groups is 1. The van der Waals surface area contributed by atoms with E-state index >= 15 is 0 Å². The number of morpholine rings is 1. The molecule has 1 aliphatic heterocycles. The van der Waals surface area contributed by atoms with E-state index in [9.17, 15) is 5.11 Å². The molecule has 1 N–H and O–H groups in total. The van der Waals surface area contributed by atoms with Crippen LogP contribution in [0, 0.1) is 0 Å². The monoisotopic (exact) mass is 561 g/mol. The number of anilines is 1. The van der Waals surface area contributed by atoms with Crippen LogP contribution in [-0.4, -0.2) is 69.0 Å². The predicted molar refractivity (Wildman–Crippen MR) is 171 cm³/mol. The maximum absolute atomic E-state index is 13.2. The van der Waals surface area contributed by atoms with Gasteiger partial charge in [0, 0.05) is 42.2 Å². The van der Waals surface area contributed by atoms with E-state index in [1.54, 1.807) is 7.11 Å². The van der Waals surface area contributed by atoms with Crippen molar-refractivity contribution in [1.82, 2.24) is 9.88 Å². The van der Waals surface area contributed by atoms with Crippen molar-refractivity contribution >= 4 is 27.4 Å². The third kappa shape index (κ3) is 5.45. The highest BCUT2D eigenvalue weighted by Gasteiger charge is 2.43. The maximum atomic E-state index is 13.2. The molecule has 1 saturated heterocycles. The molecule has 1 fully saturated rings. The van der Waals surface area contributed by atoms with Crippen LogP contribution >= 0.6 is 0 Å². The van der Waals surface area contributed by atoms with Gasteiger partial charge in [0.15, 0.2) is 0 Å². The number of pyridine rings is 1. The summed E-state index contributed by atoms with van der Waals surface area (Å²) in [5.41, 5.74) is 3.52. The number of rotatable bonds is 9. The molecule has 0 radical (unpaired) electrons. The fraction of sp³-hybridized carbons (Fsp3) is 0.306. The number of ether oxygens (including phenoxy) is 2. The highest BCUT2D eigenvalue weighted by Crippen LogP contribution is 2.49. The maximum Gasteiger partial charge on any atom is 0.217 e. The van der Waals surface area contributed by atoms with Gasteiger partial charge in [-0.1, -0.05) is 72.8 Å². The predicted octanol–water partition coefficient (Wildman–Crippen LogP) is 6.20. The van der Waals surface area contributed by atoms with Crippen LogP contribution in [0.4, 0.5) is 5.69 Å². The van der Waals surface area contributed by atoms with Gasteiger partial charge in [-0.25, -0.2) is 4.98 Å². The summed E-state index contributed by atoms with van der Waals surface area (Å²) in [6.07, 6.45) is 0.516. The topological polar surface area (TPSA) is 58.1 Å². The Bertz CT molecular complexity index is 1660. The highest BCUT2D eigenvalue weighted by molar-refractivity contribution is 5.87. The first kappa shape index (κ1) is 28.2. The molecule has 2 atom stereocenters. The molecule has 0 spiro atoms. The minimum absolute atomic E-state index is 0.441. The fourth-order valence-corrected chi connectivity index (χ4v) is 6.34. The Kier molecular flexibility index (Phi) is 8.11. The van der Waals surface area contributed by atoms with Gasteiger partial charge in [0.05, 0.1) is 25.8 Å². The molecule has 6 heteroatoms. The molecule has 2 unspecified atom stereocenters. The molecule has 0 amide bonds. The summed E-state index contributed by atoms with van der Waals surface area (Å²) in [6, 6.07) is 33.4. The van der Waals surface area contributed by atoms with Crippen molar-refractivity contribution in [3.05, 3.63) is 114 Å². The quantitative estimate of drug-likeness (QED) is 0.231. The summed E-state index contributed by atoms with van der Waals surface area (Å²) in [4.78, 5) is 9.48. The van der Waals surface area contributed by atoms with Crippen molar-refractivity contribution < 1.29 is 14.6 Å². The number of hydrogen-bond acceptors (Lipinski definition) is 6. The van der Waals surface area contributed by atoms with Crippen LogP contribution in [0.1, 0.15) is 29.0 Å². The standard InChI is InChI=1S/C36H39N3O3/c1-38(2)19-18-36(40,32-15-9-13-26-10-7-8-14-30(26)32)34(27-11-5-4-6-12-27)31-25-28-24-29(39-20-22-42-23-21-39)16-17-33(28)37-35(31)41-3/h4-17,24-25,34,40H,18-23H2,1-3H3. The van der Waals surface area contributed by atoms with Crippen LogP contribution in [-0.2, 0) is 10.3 Å². The Hall–Kier alpha value is -3.97. The van der Waals surface area contributed by atoms with Crippen molar-refractivity contribution in [3.63, 3.8) is 0 Å². The molecule has 1 aliphatic rings. The van der Waals surface area contributed by atoms with Gasteiger partial charge in [-0.15, -0.1) is 0 Å². The van der Waals surface area contributed by atoms with E-state index in [0.29, 0.717) is 18.8 Å². The SMILES string of the molecule is COc1nc2ccc(N3CCOCC3)cc2cc1C(c1ccccc1)C(O)(CCN(C)C)c1cccc2ccccc12. The van der Waals surface area contributed by atoms with Gasteiger partial charge in [0.1, 0.15) is 5.60 Å². The number of benzene rings is 4. The number of methoxy groups -OCH3 is 1. The fourth-order valence-electron chi connectivity index (χ4n) is 6.34. The summed E-state index contributed by atoms with van der Waals surface area (Å²) in [7, 11) is 5.76. The summed E-state index contributed by atoms with van der Waals surface area (Å²) < 4.78 is 11.6. The van der Waals surface area contributed by atoms with Crippen LogP contribution in [0.2, 0.25) is 0 Å². The Morgan fingerprint density at radius 3 is 2.40 bits per heavy atom. The number of aromatic nitrogens is 1. The first-order chi connectivity index (χ1) is 20.5. The number of fused-ring (bicyclic) bond motifs is 2. The smallest absolute Gasteiger partial charge is 0.217 e. The van der Waals surface area contributed by atoms with Crippen molar-refractivity contribution in [2.75, 3.05) is 59.0 Å². The van der Waals surface area contributed by atoms with Crippen LogP contribution in [0.15, 0.2) is 97.1 Å². The van der Waals surface area contributed by atoms with Crippen LogP contribution in [0.5, 0.6) is 5.88 Å². The first-order valence-corrected chi connectivity index (χ1v) is 14.7. The second-order valence-corrected chi connectivity index (χ2v) is 11.4. The lowest BCUT2D eigenvalue weighted by atomic mass is 9.70. The second-order valence-electron chi connectivity index (χ2n) is 11.4. The normalized spacial score (nSPS) is 16.1. The number of nitrogens with zero attached hydrogens (tertiary/aromatic N) is 3. The molecule has 6 rings (SSSR count). The van der Waals surface area contributed by atoms with Gasteiger partial charge in [-0.2, -0.15) is 0 Å². The van der Waals surface area contributed by atoms with E-state index in [1.165, 1.54) is 0 Å². The zero-order valence-corrected chi connectivity index (χ0v) is 24.7. The first-order valence-electron chi connectivity index (χ1n) is 14.7. The highest BCUT2D eigenvalue weighted by atomic mass is 16.5. The lowest BCUT2D eigenvalue weighted by Crippen LogP contribution is -2.38. The van der Waals surface area contributed by atoms with Gasteiger partial charge in [0.2, 0.25) is 5.88 Å². The summed E-state index contributed by atoms with van der Waals surface area (Å²) >= 11 is 0. The zero-order chi connectivity index (χ0) is 29.1. The Balaban J connectivity index is 1.60. The third-order valence-electron chi connectivity index (χ3n) is 8.48. The summed E-state index contributed by atoms with van der Waals surface area (Å²) in [5, 5.41) is 16.4. The van der Waals surface area contributed by atoms with Gasteiger partial charge in [-0.3, -0.25) is 0 Å². The Morgan fingerprint density at radius 1 is 0.905 bits per heavy atom. The molecular formula is C36H39N3O3. The molecule has 6 nitrogen and oxygen atoms in total. The minimum Gasteiger partial charge on any atom is -0.481 e. The molecule has 0 bridgehead atoms. The van der Waals surface area contributed by atoms with Crippen molar-refractivity contribution in [2.24, 2.45) is 0 Å². The zero-order valence-electron chi connectivity index (χ0n) is 24.7. The lowest BCUT2D eigenvalue weighted by molar-refractivity contribution is 0.00520. The molecular weight excluding hydrogens is 522 g/mol. The van der Waals surface area contributed by atoms with Crippen LogP contribution in [0.25, 0.3) is 21.7 Å². The third-order valence-corrected chi connectivity index (χ3v) is 8.48. The molecule has 2 heterocycles. The van der Waals surface area contributed by atoms with Crippen molar-refractivity contribution in [2.45, 2.75) is 17.9 Å². The molecule has 1 aromatic heterocycles. The minimum atomic E-state index is -1.27. The van der Waals surface area contributed by atoms with E-state index in [1.807, 2.05) is 50.5 Å². The molecule has 216 valence electrons. The van der Waals surface area contributed by atoms with Gasteiger partial charge in [0.25, 0.3) is 0 Å². The van der Waals surface area contributed by atoms with Crippen LogP contribution in [0.3, 0.4) is 0 Å². The van der Waals surface area contributed by atoms with Crippen molar-refractivity contribution in [1.29, 1.82) is 0 Å². The Morgan fingerprint density at radius 2 is 1.64 bits per heavy atom. The molecule has 0 aliphatic carbocycles. The average Bonchev–Trinajstić information content (AvgIpc) is 3.04. The average molecular weight is 562 g/mol. The van der Waals surface area contributed by atoms with E-state index in [4.69, 9.17) is 14.5 Å². The van der Waals surface area contributed by atoms with Crippen LogP contribution < -0.4 is 9.64 Å². The van der Waals surface area contributed by atoms with E-state index in [2.05, 4.69) is 70.5 Å². The van der Waals surface area contributed by atoms with Gasteiger partial charge < -0.3 is 24.4 Å². The Labute approximate surface area is 248 Å². The second kappa shape index (κ2) is 12.1. The van der Waals surface area contributed by atoms with Gasteiger partial charge in [-0.05, 0) is 66.7 Å². The molecule has 5 aromatic rings.